The number of ether oxygens (including phenoxy) is 2. The summed E-state index contributed by atoms with van der Waals surface area (Å²) in [5.74, 6) is 2.03. The molecule has 0 unspecified atom stereocenters. The molecule has 5 nitrogen and oxygen atoms in total. The molecule has 2 aromatic heterocycles. The highest BCUT2D eigenvalue weighted by Gasteiger charge is 2.13. The summed E-state index contributed by atoms with van der Waals surface area (Å²) >= 11 is 0. The molecule has 0 saturated carbocycles. The zero-order valence-corrected chi connectivity index (χ0v) is 11.7. The highest BCUT2D eigenvalue weighted by molar-refractivity contribution is 5.70. The van der Waals surface area contributed by atoms with E-state index in [2.05, 4.69) is 11.1 Å². The van der Waals surface area contributed by atoms with Gasteiger partial charge < -0.3 is 9.47 Å². The summed E-state index contributed by atoms with van der Waals surface area (Å²) in [6.45, 7) is 0. The Hall–Kier alpha value is -3.00. The molecule has 0 aliphatic heterocycles. The Bertz CT molecular complexity index is 824. The van der Waals surface area contributed by atoms with Crippen LogP contribution in [0, 0.1) is 11.3 Å². The maximum atomic E-state index is 9.22. The zero-order chi connectivity index (χ0) is 14.8. The summed E-state index contributed by atoms with van der Waals surface area (Å²) in [5.41, 5.74) is 2.00. The Kier molecular flexibility index (Phi) is 3.20. The predicted molar refractivity (Wildman–Crippen MR) is 78.4 cm³/mol. The fourth-order valence-corrected chi connectivity index (χ4v) is 2.26. The maximum Gasteiger partial charge on any atom is 0.166 e. The van der Waals surface area contributed by atoms with Gasteiger partial charge in [0.25, 0.3) is 0 Å². The number of methoxy groups -OCH3 is 2. The molecule has 3 aromatic rings. The average molecular weight is 279 g/mol. The molecular weight excluding hydrogens is 266 g/mol. The van der Waals surface area contributed by atoms with E-state index in [0.29, 0.717) is 23.0 Å². The molecule has 0 N–H and O–H groups in total. The van der Waals surface area contributed by atoms with Crippen molar-refractivity contribution in [2.45, 2.75) is 0 Å². The number of nitriles is 1. The molecule has 0 bridgehead atoms. The molecule has 2 heterocycles. The van der Waals surface area contributed by atoms with Crippen LogP contribution in [0.4, 0.5) is 0 Å². The number of nitrogens with zero attached hydrogens (tertiary/aromatic N) is 3. The van der Waals surface area contributed by atoms with Gasteiger partial charge in [-0.25, -0.2) is 4.98 Å². The van der Waals surface area contributed by atoms with Crippen molar-refractivity contribution in [3.63, 3.8) is 0 Å². The van der Waals surface area contributed by atoms with Gasteiger partial charge in [0.05, 0.1) is 19.7 Å². The third-order valence-electron chi connectivity index (χ3n) is 3.26. The second-order valence-corrected chi connectivity index (χ2v) is 4.45. The normalized spacial score (nSPS) is 10.3. The van der Waals surface area contributed by atoms with Crippen molar-refractivity contribution in [2.75, 3.05) is 14.2 Å². The van der Waals surface area contributed by atoms with E-state index in [1.807, 2.05) is 40.9 Å². The van der Waals surface area contributed by atoms with Crippen LogP contribution in [0.25, 0.3) is 16.9 Å². The minimum absolute atomic E-state index is 0.396. The second-order valence-electron chi connectivity index (χ2n) is 4.45. The first-order valence-corrected chi connectivity index (χ1v) is 6.37. The van der Waals surface area contributed by atoms with Crippen molar-refractivity contribution < 1.29 is 9.47 Å². The average Bonchev–Trinajstić information content (AvgIpc) is 2.93. The Balaban J connectivity index is 2.28. The molecule has 0 aliphatic carbocycles. The molecule has 0 radical (unpaired) electrons. The van der Waals surface area contributed by atoms with Gasteiger partial charge in [-0.1, -0.05) is 6.07 Å². The van der Waals surface area contributed by atoms with Gasteiger partial charge in [-0.05, 0) is 24.3 Å². The van der Waals surface area contributed by atoms with Crippen LogP contribution in [-0.2, 0) is 0 Å². The van der Waals surface area contributed by atoms with Gasteiger partial charge >= 0.3 is 0 Å². The van der Waals surface area contributed by atoms with Crippen LogP contribution in [0.3, 0.4) is 0 Å². The monoisotopic (exact) mass is 279 g/mol. The molecule has 5 heteroatoms. The van der Waals surface area contributed by atoms with Crippen LogP contribution in [0.15, 0.2) is 42.6 Å². The highest BCUT2D eigenvalue weighted by atomic mass is 16.5. The van der Waals surface area contributed by atoms with Gasteiger partial charge in [0.15, 0.2) is 5.69 Å². The van der Waals surface area contributed by atoms with Crippen LogP contribution < -0.4 is 9.47 Å². The molecule has 0 saturated heterocycles. The van der Waals surface area contributed by atoms with Gasteiger partial charge in [0.2, 0.25) is 0 Å². The van der Waals surface area contributed by atoms with Crippen molar-refractivity contribution in [1.29, 1.82) is 5.26 Å². The number of aromatic nitrogens is 2. The van der Waals surface area contributed by atoms with E-state index in [1.165, 1.54) is 0 Å². The summed E-state index contributed by atoms with van der Waals surface area (Å²) in [6.07, 6.45) is 1.88. The Labute approximate surface area is 122 Å². The van der Waals surface area contributed by atoms with Gasteiger partial charge in [-0.3, -0.25) is 4.40 Å². The van der Waals surface area contributed by atoms with E-state index in [0.717, 1.165) is 11.1 Å². The van der Waals surface area contributed by atoms with Gasteiger partial charge in [0, 0.05) is 17.8 Å². The van der Waals surface area contributed by atoms with Crippen LogP contribution in [0.1, 0.15) is 5.69 Å². The number of imidazole rings is 1. The largest absolute Gasteiger partial charge is 0.497 e. The summed E-state index contributed by atoms with van der Waals surface area (Å²) in [5, 5.41) is 9.22. The molecule has 1 aromatic carbocycles. The van der Waals surface area contributed by atoms with Gasteiger partial charge in [-0.2, -0.15) is 5.26 Å². The number of hydrogen-bond acceptors (Lipinski definition) is 4. The summed E-state index contributed by atoms with van der Waals surface area (Å²) in [6, 6.07) is 13.3. The van der Waals surface area contributed by atoms with E-state index in [-0.39, 0.29) is 0 Å². The van der Waals surface area contributed by atoms with E-state index in [1.54, 1.807) is 20.3 Å². The van der Waals surface area contributed by atoms with Crippen LogP contribution in [-0.4, -0.2) is 23.6 Å². The molecule has 0 atom stereocenters. The Morgan fingerprint density at radius 1 is 1.10 bits per heavy atom. The van der Waals surface area contributed by atoms with Gasteiger partial charge in [0.1, 0.15) is 23.4 Å². The van der Waals surface area contributed by atoms with E-state index >= 15 is 0 Å². The quantitative estimate of drug-likeness (QED) is 0.739. The SMILES string of the molecule is COc1cc(OC)cc(-c2nc(C#N)c3ccccn23)c1. The first kappa shape index (κ1) is 13.0. The number of pyridine rings is 1. The molecule has 104 valence electrons. The third-order valence-corrected chi connectivity index (χ3v) is 3.26. The van der Waals surface area contributed by atoms with Crippen LogP contribution in [0.2, 0.25) is 0 Å². The van der Waals surface area contributed by atoms with Crippen molar-refractivity contribution >= 4 is 5.52 Å². The number of fused-ring (bicyclic) bond motifs is 1. The lowest BCUT2D eigenvalue weighted by Crippen LogP contribution is -1.92. The van der Waals surface area contributed by atoms with Crippen molar-refractivity contribution in [1.82, 2.24) is 9.38 Å². The molecular formula is C16H13N3O2. The Morgan fingerprint density at radius 3 is 2.43 bits per heavy atom. The molecule has 0 aliphatic rings. The standard InChI is InChI=1S/C16H13N3O2/c1-20-12-7-11(8-13(9-12)21-2)16-18-14(10-17)15-5-3-4-6-19(15)16/h3-9H,1-2H3. The lowest BCUT2D eigenvalue weighted by molar-refractivity contribution is 0.394. The third kappa shape index (κ3) is 2.17. The van der Waals surface area contributed by atoms with Crippen LogP contribution in [0.5, 0.6) is 11.5 Å². The minimum atomic E-state index is 0.396. The van der Waals surface area contributed by atoms with Crippen LogP contribution >= 0.6 is 0 Å². The van der Waals surface area contributed by atoms with Gasteiger partial charge in [-0.15, -0.1) is 0 Å². The Morgan fingerprint density at radius 2 is 1.81 bits per heavy atom. The molecule has 0 fully saturated rings. The number of hydrogen-bond donors (Lipinski definition) is 0. The second kappa shape index (κ2) is 5.17. The molecule has 3 rings (SSSR count). The first-order chi connectivity index (χ1) is 10.3. The van der Waals surface area contributed by atoms with Crippen molar-refractivity contribution in [3.05, 3.63) is 48.3 Å². The van der Waals surface area contributed by atoms with E-state index < -0.39 is 0 Å². The lowest BCUT2D eigenvalue weighted by Gasteiger charge is -2.07. The minimum Gasteiger partial charge on any atom is -0.497 e. The zero-order valence-electron chi connectivity index (χ0n) is 11.7. The smallest absolute Gasteiger partial charge is 0.166 e. The predicted octanol–water partition coefficient (Wildman–Crippen LogP) is 2.89. The fraction of sp³-hybridized carbons (Fsp3) is 0.125. The summed E-state index contributed by atoms with van der Waals surface area (Å²) < 4.78 is 12.4. The topological polar surface area (TPSA) is 59.5 Å². The fourth-order valence-electron chi connectivity index (χ4n) is 2.26. The molecule has 0 spiro atoms. The lowest BCUT2D eigenvalue weighted by atomic mass is 10.2. The summed E-state index contributed by atoms with van der Waals surface area (Å²) in [7, 11) is 3.20. The highest BCUT2D eigenvalue weighted by Crippen LogP contribution is 2.30. The van der Waals surface area contributed by atoms with Crippen molar-refractivity contribution in [3.8, 4) is 29.0 Å². The number of benzene rings is 1. The maximum absolute atomic E-state index is 9.22. The molecule has 21 heavy (non-hydrogen) atoms. The van der Waals surface area contributed by atoms with E-state index in [4.69, 9.17) is 9.47 Å². The molecule has 0 amide bonds. The first-order valence-electron chi connectivity index (χ1n) is 6.37. The number of rotatable bonds is 3. The van der Waals surface area contributed by atoms with E-state index in [9.17, 15) is 5.26 Å². The van der Waals surface area contributed by atoms with Crippen molar-refractivity contribution in [2.24, 2.45) is 0 Å². The summed E-state index contributed by atoms with van der Waals surface area (Å²) in [4.78, 5) is 4.42.